The van der Waals surface area contributed by atoms with Gasteiger partial charge in [0.2, 0.25) is 0 Å². The normalized spacial score (nSPS) is 14.8. The second-order valence-electron chi connectivity index (χ2n) is 5.91. The summed E-state index contributed by atoms with van der Waals surface area (Å²) in [6, 6.07) is 6.61. The van der Waals surface area contributed by atoms with E-state index >= 15 is 0 Å². The number of hydrogen-bond acceptors (Lipinski definition) is 5. The number of benzene rings is 1. The third kappa shape index (κ3) is 3.05. The molecule has 4 rings (SSSR count). The van der Waals surface area contributed by atoms with Crippen molar-refractivity contribution in [2.24, 2.45) is 0 Å². The van der Waals surface area contributed by atoms with Gasteiger partial charge in [-0.3, -0.25) is 4.72 Å². The van der Waals surface area contributed by atoms with Crippen molar-refractivity contribution in [2.75, 3.05) is 4.72 Å². The summed E-state index contributed by atoms with van der Waals surface area (Å²) in [5.41, 5.74) is 1.79. The second-order valence-corrected chi connectivity index (χ2v) is 8.30. The van der Waals surface area contributed by atoms with E-state index in [1.807, 2.05) is 13.0 Å². The molecule has 0 aliphatic heterocycles. The third-order valence-electron chi connectivity index (χ3n) is 3.93. The first-order valence-electron chi connectivity index (χ1n) is 7.56. The zero-order valence-corrected chi connectivity index (χ0v) is 15.4. The summed E-state index contributed by atoms with van der Waals surface area (Å²) in [5.74, 6) is 0.688. The molecule has 1 saturated carbocycles. The van der Waals surface area contributed by atoms with Gasteiger partial charge in [0.1, 0.15) is 0 Å². The molecule has 1 fully saturated rings. The van der Waals surface area contributed by atoms with Gasteiger partial charge >= 0.3 is 0 Å². The number of aromatic nitrogens is 4. The van der Waals surface area contributed by atoms with Gasteiger partial charge in [-0.15, -0.1) is 5.10 Å². The van der Waals surface area contributed by atoms with Crippen LogP contribution >= 0.6 is 23.2 Å². The minimum Gasteiger partial charge on any atom is -0.274 e. The highest BCUT2D eigenvalue weighted by atomic mass is 35.5. The Labute approximate surface area is 154 Å². The lowest BCUT2D eigenvalue weighted by Crippen LogP contribution is -2.15. The molecule has 0 atom stereocenters. The maximum Gasteiger partial charge on any atom is 0.299 e. The molecule has 7 nitrogen and oxygen atoms in total. The summed E-state index contributed by atoms with van der Waals surface area (Å²) >= 11 is 12.0. The lowest BCUT2D eigenvalue weighted by atomic mass is 10.2. The van der Waals surface area contributed by atoms with Crippen LogP contribution in [0.25, 0.3) is 5.78 Å². The van der Waals surface area contributed by atoms with E-state index in [2.05, 4.69) is 19.8 Å². The molecular weight excluding hydrogens is 385 g/mol. The maximum absolute atomic E-state index is 12.6. The van der Waals surface area contributed by atoms with Gasteiger partial charge in [-0.05, 0) is 38.0 Å². The number of hydrogen-bond donors (Lipinski definition) is 1. The van der Waals surface area contributed by atoms with E-state index < -0.39 is 10.0 Å². The van der Waals surface area contributed by atoms with Crippen molar-refractivity contribution in [3.8, 4) is 0 Å². The SMILES string of the molecule is Cc1cc(C2CC2)nc2nc(S(=O)(=O)Nc3c(Cl)cccc3Cl)nn12. The Morgan fingerprint density at radius 3 is 2.52 bits per heavy atom. The van der Waals surface area contributed by atoms with Crippen molar-refractivity contribution in [1.29, 1.82) is 0 Å². The molecule has 3 aromatic rings. The van der Waals surface area contributed by atoms with Crippen LogP contribution in [-0.4, -0.2) is 28.0 Å². The molecule has 10 heteroatoms. The van der Waals surface area contributed by atoms with E-state index in [4.69, 9.17) is 23.2 Å². The molecule has 0 radical (unpaired) electrons. The first kappa shape index (κ1) is 16.6. The fourth-order valence-corrected chi connectivity index (χ4v) is 4.07. The van der Waals surface area contributed by atoms with Crippen LogP contribution in [0, 0.1) is 6.92 Å². The lowest BCUT2D eigenvalue weighted by molar-refractivity contribution is 0.592. The highest BCUT2D eigenvalue weighted by molar-refractivity contribution is 7.92. The van der Waals surface area contributed by atoms with Crippen LogP contribution in [0.4, 0.5) is 5.69 Å². The second kappa shape index (κ2) is 5.82. The number of nitrogens with zero attached hydrogens (tertiary/aromatic N) is 4. The van der Waals surface area contributed by atoms with Crippen LogP contribution < -0.4 is 4.72 Å². The van der Waals surface area contributed by atoms with E-state index in [1.54, 1.807) is 6.07 Å². The summed E-state index contributed by atoms with van der Waals surface area (Å²) < 4.78 is 29.0. The smallest absolute Gasteiger partial charge is 0.274 e. The number of aryl methyl sites for hydroxylation is 1. The molecule has 1 aliphatic rings. The molecule has 25 heavy (non-hydrogen) atoms. The summed E-state index contributed by atoms with van der Waals surface area (Å²) in [7, 11) is -4.06. The molecular formula is C15H13Cl2N5O2S. The van der Waals surface area contributed by atoms with Gasteiger partial charge < -0.3 is 0 Å². The van der Waals surface area contributed by atoms with E-state index in [0.717, 1.165) is 24.2 Å². The van der Waals surface area contributed by atoms with Crippen molar-refractivity contribution >= 4 is 44.7 Å². The highest BCUT2D eigenvalue weighted by Crippen LogP contribution is 2.39. The van der Waals surface area contributed by atoms with Gasteiger partial charge in [-0.25, -0.2) is 9.50 Å². The maximum atomic E-state index is 12.6. The van der Waals surface area contributed by atoms with Gasteiger partial charge in [0, 0.05) is 17.3 Å². The molecule has 1 N–H and O–H groups in total. The molecule has 130 valence electrons. The summed E-state index contributed by atoms with van der Waals surface area (Å²) in [5, 5.41) is 4.06. The Balaban J connectivity index is 1.76. The number of sulfonamides is 1. The van der Waals surface area contributed by atoms with Crippen molar-refractivity contribution in [1.82, 2.24) is 19.6 Å². The monoisotopic (exact) mass is 397 g/mol. The molecule has 2 heterocycles. The zero-order chi connectivity index (χ0) is 17.8. The Morgan fingerprint density at radius 1 is 1.20 bits per heavy atom. The van der Waals surface area contributed by atoms with Crippen LogP contribution in [0.3, 0.4) is 0 Å². The Hall–Kier alpha value is -1.90. The minimum absolute atomic E-state index is 0.0908. The van der Waals surface area contributed by atoms with E-state index in [0.29, 0.717) is 5.92 Å². The van der Waals surface area contributed by atoms with Crippen molar-refractivity contribution in [3.05, 3.63) is 45.7 Å². The van der Waals surface area contributed by atoms with Crippen LogP contribution in [-0.2, 0) is 10.0 Å². The minimum atomic E-state index is -4.06. The van der Waals surface area contributed by atoms with Crippen LogP contribution in [0.15, 0.2) is 29.4 Å². The Morgan fingerprint density at radius 2 is 1.88 bits per heavy atom. The predicted octanol–water partition coefficient (Wildman–Crippen LogP) is 3.42. The molecule has 1 aromatic carbocycles. The quantitative estimate of drug-likeness (QED) is 0.728. The predicted molar refractivity (Wildman–Crippen MR) is 94.8 cm³/mol. The summed E-state index contributed by atoms with van der Waals surface area (Å²) in [6.45, 7) is 1.84. The van der Waals surface area contributed by atoms with Gasteiger partial charge in [0.25, 0.3) is 21.0 Å². The number of anilines is 1. The van der Waals surface area contributed by atoms with Crippen molar-refractivity contribution in [2.45, 2.75) is 30.8 Å². The average molecular weight is 398 g/mol. The molecule has 0 unspecified atom stereocenters. The third-order valence-corrected chi connectivity index (χ3v) is 5.68. The summed E-state index contributed by atoms with van der Waals surface area (Å²) in [4.78, 5) is 8.50. The van der Waals surface area contributed by atoms with Crippen LogP contribution in [0.1, 0.15) is 30.1 Å². The molecule has 1 aliphatic carbocycles. The van der Waals surface area contributed by atoms with Crippen LogP contribution in [0.2, 0.25) is 10.0 Å². The number of nitrogens with one attached hydrogen (secondary N) is 1. The first-order chi connectivity index (χ1) is 11.8. The van der Waals surface area contributed by atoms with E-state index in [9.17, 15) is 8.42 Å². The topological polar surface area (TPSA) is 89.2 Å². The molecule has 2 aromatic heterocycles. The van der Waals surface area contributed by atoms with Gasteiger partial charge in [-0.2, -0.15) is 13.4 Å². The van der Waals surface area contributed by atoms with E-state index in [1.165, 1.54) is 16.6 Å². The van der Waals surface area contributed by atoms with Crippen molar-refractivity contribution in [3.63, 3.8) is 0 Å². The number of rotatable bonds is 4. The zero-order valence-electron chi connectivity index (χ0n) is 13.1. The van der Waals surface area contributed by atoms with E-state index in [-0.39, 0.29) is 26.7 Å². The van der Waals surface area contributed by atoms with Gasteiger partial charge in [-0.1, -0.05) is 29.3 Å². The summed E-state index contributed by atoms with van der Waals surface area (Å²) in [6.07, 6.45) is 2.18. The standard InChI is InChI=1S/C15H13Cl2N5O2S/c1-8-7-12(9-5-6-9)18-14-19-15(20-22(8)14)25(23,24)21-13-10(16)3-2-4-11(13)17/h2-4,7,9,21H,5-6H2,1H3. The average Bonchev–Trinajstić information content (AvgIpc) is 3.30. The van der Waals surface area contributed by atoms with Gasteiger partial charge in [0.15, 0.2) is 0 Å². The fourth-order valence-electron chi connectivity index (χ4n) is 2.49. The Kier molecular flexibility index (Phi) is 3.86. The van der Waals surface area contributed by atoms with Crippen LogP contribution in [0.5, 0.6) is 0 Å². The largest absolute Gasteiger partial charge is 0.299 e. The molecule has 0 bridgehead atoms. The van der Waals surface area contributed by atoms with Crippen molar-refractivity contribution < 1.29 is 8.42 Å². The van der Waals surface area contributed by atoms with Gasteiger partial charge in [0.05, 0.1) is 15.7 Å². The molecule has 0 saturated heterocycles. The molecule has 0 spiro atoms. The fraction of sp³-hybridized carbons (Fsp3) is 0.267. The first-order valence-corrected chi connectivity index (χ1v) is 9.80. The molecule has 0 amide bonds. The number of fused-ring (bicyclic) bond motifs is 1. The number of halogens is 2. The highest BCUT2D eigenvalue weighted by Gasteiger charge is 2.28. The Bertz CT molecular complexity index is 1070. The number of para-hydroxylation sites is 1. The lowest BCUT2D eigenvalue weighted by Gasteiger charge is -2.08.